The van der Waals surface area contributed by atoms with Crippen LogP contribution in [0.2, 0.25) is 0 Å². The number of ether oxygens (including phenoxy) is 1. The van der Waals surface area contributed by atoms with E-state index in [-0.39, 0.29) is 31.6 Å². The molecule has 7 heteroatoms. The fourth-order valence-electron chi connectivity index (χ4n) is 1.42. The molecule has 0 unspecified atom stereocenters. The van der Waals surface area contributed by atoms with Gasteiger partial charge in [0, 0.05) is 24.3 Å². The van der Waals surface area contributed by atoms with E-state index >= 15 is 0 Å². The number of carbonyl (C=O) groups is 2. The highest BCUT2D eigenvalue weighted by Crippen LogP contribution is 2.09. The minimum Gasteiger partial charge on any atom is -0.395 e. The van der Waals surface area contributed by atoms with Gasteiger partial charge < -0.3 is 26.2 Å². The van der Waals surface area contributed by atoms with Crippen molar-refractivity contribution in [2.24, 2.45) is 5.73 Å². The zero-order valence-electron chi connectivity index (χ0n) is 11.1. The molecule has 0 saturated heterocycles. The van der Waals surface area contributed by atoms with Crippen LogP contribution in [0.25, 0.3) is 0 Å². The van der Waals surface area contributed by atoms with Crippen LogP contribution in [0.4, 0.5) is 5.69 Å². The summed E-state index contributed by atoms with van der Waals surface area (Å²) in [5.41, 5.74) is 6.27. The number of hydrogen-bond donors (Lipinski definition) is 4. The van der Waals surface area contributed by atoms with E-state index in [2.05, 4.69) is 10.6 Å². The predicted octanol–water partition coefficient (Wildman–Crippen LogP) is -0.677. The summed E-state index contributed by atoms with van der Waals surface area (Å²) < 4.78 is 5.00. The van der Waals surface area contributed by atoms with Gasteiger partial charge in [0.15, 0.2) is 0 Å². The highest BCUT2D eigenvalue weighted by Gasteiger charge is 2.06. The Labute approximate surface area is 117 Å². The lowest BCUT2D eigenvalue weighted by Gasteiger charge is -2.07. The maximum absolute atomic E-state index is 11.6. The summed E-state index contributed by atoms with van der Waals surface area (Å²) in [7, 11) is 0. The number of nitrogens with two attached hydrogens (primary N) is 1. The Kier molecular flexibility index (Phi) is 7.26. The molecule has 0 heterocycles. The lowest BCUT2D eigenvalue weighted by atomic mass is 10.2. The second-order valence-corrected chi connectivity index (χ2v) is 3.95. The summed E-state index contributed by atoms with van der Waals surface area (Å²) in [6.45, 7) is 0.733. The van der Waals surface area contributed by atoms with Crippen molar-refractivity contribution in [3.63, 3.8) is 0 Å². The highest BCUT2D eigenvalue weighted by molar-refractivity contribution is 5.96. The Balaban J connectivity index is 2.45. The van der Waals surface area contributed by atoms with Crippen molar-refractivity contribution in [2.45, 2.75) is 0 Å². The summed E-state index contributed by atoms with van der Waals surface area (Å²) in [6.07, 6.45) is 0. The van der Waals surface area contributed by atoms with E-state index in [4.69, 9.17) is 15.6 Å². The lowest BCUT2D eigenvalue weighted by molar-refractivity contribution is -0.120. The van der Waals surface area contributed by atoms with Gasteiger partial charge in [0.1, 0.15) is 6.61 Å². The standard InChI is InChI=1S/C13H19N3O4/c14-5-8-20-9-12(18)16-11-3-1-10(2-4-11)13(19)15-6-7-17/h1-4,17H,5-9,14H2,(H,15,19)(H,16,18). The Hall–Kier alpha value is -1.96. The summed E-state index contributed by atoms with van der Waals surface area (Å²) >= 11 is 0. The Bertz CT molecular complexity index is 434. The highest BCUT2D eigenvalue weighted by atomic mass is 16.5. The van der Waals surface area contributed by atoms with Gasteiger partial charge in [-0.05, 0) is 24.3 Å². The smallest absolute Gasteiger partial charge is 0.251 e. The molecule has 0 aliphatic carbocycles. The van der Waals surface area contributed by atoms with Gasteiger partial charge in [0.2, 0.25) is 5.91 Å². The van der Waals surface area contributed by atoms with Crippen molar-refractivity contribution in [1.82, 2.24) is 5.32 Å². The zero-order chi connectivity index (χ0) is 14.8. The first-order valence-electron chi connectivity index (χ1n) is 6.24. The van der Waals surface area contributed by atoms with E-state index in [1.807, 2.05) is 0 Å². The van der Waals surface area contributed by atoms with Crippen LogP contribution in [0, 0.1) is 0 Å². The van der Waals surface area contributed by atoms with E-state index in [1.54, 1.807) is 24.3 Å². The molecule has 7 nitrogen and oxygen atoms in total. The fraction of sp³-hybridized carbons (Fsp3) is 0.385. The molecule has 2 amide bonds. The molecule has 0 atom stereocenters. The van der Waals surface area contributed by atoms with Crippen LogP contribution in [0.15, 0.2) is 24.3 Å². The molecule has 1 rings (SSSR count). The number of rotatable bonds is 8. The van der Waals surface area contributed by atoms with Gasteiger partial charge >= 0.3 is 0 Å². The van der Waals surface area contributed by atoms with Gasteiger partial charge in [-0.3, -0.25) is 9.59 Å². The van der Waals surface area contributed by atoms with Crippen molar-refractivity contribution >= 4 is 17.5 Å². The van der Waals surface area contributed by atoms with Crippen LogP contribution in [0.1, 0.15) is 10.4 Å². The molecule has 0 aliphatic heterocycles. The second-order valence-electron chi connectivity index (χ2n) is 3.95. The maximum Gasteiger partial charge on any atom is 0.251 e. The lowest BCUT2D eigenvalue weighted by Crippen LogP contribution is -2.26. The molecule has 0 fully saturated rings. The second kappa shape index (κ2) is 9.03. The van der Waals surface area contributed by atoms with E-state index in [1.165, 1.54) is 0 Å². The number of carbonyl (C=O) groups excluding carboxylic acids is 2. The minimum atomic E-state index is -0.282. The van der Waals surface area contributed by atoms with Crippen LogP contribution in [-0.2, 0) is 9.53 Å². The zero-order valence-corrected chi connectivity index (χ0v) is 11.1. The van der Waals surface area contributed by atoms with Crippen LogP contribution in [-0.4, -0.2) is 49.8 Å². The molecule has 110 valence electrons. The number of nitrogens with one attached hydrogen (secondary N) is 2. The number of aliphatic hydroxyl groups excluding tert-OH is 1. The number of anilines is 1. The summed E-state index contributed by atoms with van der Waals surface area (Å²) in [5, 5.41) is 13.8. The Morgan fingerprint density at radius 2 is 1.95 bits per heavy atom. The van der Waals surface area contributed by atoms with Crippen molar-refractivity contribution in [3.05, 3.63) is 29.8 Å². The molecule has 0 bridgehead atoms. The quantitative estimate of drug-likeness (QED) is 0.472. The van der Waals surface area contributed by atoms with Crippen LogP contribution in [0.3, 0.4) is 0 Å². The van der Waals surface area contributed by atoms with Gasteiger partial charge in [0.05, 0.1) is 13.2 Å². The van der Waals surface area contributed by atoms with E-state index in [0.717, 1.165) is 0 Å². The number of hydrogen-bond acceptors (Lipinski definition) is 5. The Morgan fingerprint density at radius 1 is 1.25 bits per heavy atom. The van der Waals surface area contributed by atoms with Gasteiger partial charge in [0.25, 0.3) is 5.91 Å². The monoisotopic (exact) mass is 281 g/mol. The first kappa shape index (κ1) is 16.1. The van der Waals surface area contributed by atoms with Crippen molar-refractivity contribution < 1.29 is 19.4 Å². The van der Waals surface area contributed by atoms with E-state index in [9.17, 15) is 9.59 Å². The molecule has 0 spiro atoms. The first-order chi connectivity index (χ1) is 9.67. The maximum atomic E-state index is 11.6. The van der Waals surface area contributed by atoms with Crippen molar-refractivity contribution in [2.75, 3.05) is 38.2 Å². The average molecular weight is 281 g/mol. The Morgan fingerprint density at radius 3 is 2.55 bits per heavy atom. The topological polar surface area (TPSA) is 114 Å². The van der Waals surface area contributed by atoms with Gasteiger partial charge in [-0.2, -0.15) is 0 Å². The van der Waals surface area contributed by atoms with E-state index < -0.39 is 0 Å². The third-order valence-corrected chi connectivity index (χ3v) is 2.32. The van der Waals surface area contributed by atoms with Gasteiger partial charge in [-0.25, -0.2) is 0 Å². The molecule has 5 N–H and O–H groups in total. The summed E-state index contributed by atoms with van der Waals surface area (Å²) in [4.78, 5) is 23.0. The molecule has 1 aromatic carbocycles. The fourth-order valence-corrected chi connectivity index (χ4v) is 1.42. The number of aliphatic hydroxyl groups is 1. The van der Waals surface area contributed by atoms with Gasteiger partial charge in [-0.1, -0.05) is 0 Å². The predicted molar refractivity (Wildman–Crippen MR) is 74.4 cm³/mol. The molecule has 1 aromatic rings. The summed E-state index contributed by atoms with van der Waals surface area (Å²) in [6, 6.07) is 6.41. The first-order valence-corrected chi connectivity index (χ1v) is 6.24. The number of amides is 2. The molecule has 0 saturated carbocycles. The van der Waals surface area contributed by atoms with Crippen LogP contribution >= 0.6 is 0 Å². The molecule has 0 aliphatic rings. The van der Waals surface area contributed by atoms with Gasteiger partial charge in [-0.15, -0.1) is 0 Å². The molecular weight excluding hydrogens is 262 g/mol. The molecule has 0 radical (unpaired) electrons. The van der Waals surface area contributed by atoms with E-state index in [0.29, 0.717) is 24.4 Å². The van der Waals surface area contributed by atoms with Crippen LogP contribution in [0.5, 0.6) is 0 Å². The molecule has 0 aromatic heterocycles. The van der Waals surface area contributed by atoms with Crippen molar-refractivity contribution in [1.29, 1.82) is 0 Å². The summed E-state index contributed by atoms with van der Waals surface area (Å²) in [5.74, 6) is -0.556. The van der Waals surface area contributed by atoms with Crippen LogP contribution < -0.4 is 16.4 Å². The third kappa shape index (κ3) is 5.79. The molecular formula is C13H19N3O4. The molecule has 20 heavy (non-hydrogen) atoms. The average Bonchev–Trinajstić information content (AvgIpc) is 2.46. The third-order valence-electron chi connectivity index (χ3n) is 2.32. The van der Waals surface area contributed by atoms with Crippen molar-refractivity contribution in [3.8, 4) is 0 Å². The number of benzene rings is 1. The normalized spacial score (nSPS) is 10.1. The minimum absolute atomic E-state index is 0.0596. The largest absolute Gasteiger partial charge is 0.395 e. The SMILES string of the molecule is NCCOCC(=O)Nc1ccc(C(=O)NCCO)cc1.